The third kappa shape index (κ3) is 3.03. The second-order valence-corrected chi connectivity index (χ2v) is 7.07. The Bertz CT molecular complexity index is 737. The summed E-state index contributed by atoms with van der Waals surface area (Å²) < 4.78 is 29.4. The smallest absolute Gasteiger partial charge is 0.244 e. The summed E-state index contributed by atoms with van der Waals surface area (Å²) in [6.07, 6.45) is 0.669. The first-order chi connectivity index (χ1) is 9.74. The maximum absolute atomic E-state index is 12.3. The minimum atomic E-state index is -3.52. The lowest BCUT2D eigenvalue weighted by Gasteiger charge is -2.07. The lowest BCUT2D eigenvalue weighted by Crippen LogP contribution is -2.27. The molecule has 2 rings (SSSR count). The topological polar surface area (TPSA) is 79.8 Å². The van der Waals surface area contributed by atoms with Crippen molar-refractivity contribution in [2.75, 3.05) is 6.54 Å². The van der Waals surface area contributed by atoms with Crippen molar-refractivity contribution in [3.05, 3.63) is 34.4 Å². The minimum Gasteiger partial charge on any atom is -0.352 e. The van der Waals surface area contributed by atoms with Gasteiger partial charge in [0.15, 0.2) is 0 Å². The molecule has 0 fully saturated rings. The summed E-state index contributed by atoms with van der Waals surface area (Å²) in [7, 11) is -1.50. The Hall–Kier alpha value is -1.60. The molecule has 6 nitrogen and oxygen atoms in total. The highest BCUT2D eigenvalue weighted by Crippen LogP contribution is 2.17. The van der Waals surface area contributed by atoms with E-state index in [4.69, 9.17) is 0 Å². The van der Waals surface area contributed by atoms with E-state index in [1.54, 1.807) is 13.8 Å². The number of aromatic amines is 1. The fourth-order valence-corrected chi connectivity index (χ4v) is 3.91. The van der Waals surface area contributed by atoms with E-state index in [0.717, 1.165) is 0 Å². The van der Waals surface area contributed by atoms with Gasteiger partial charge in [-0.15, -0.1) is 0 Å². The highest BCUT2D eigenvalue weighted by molar-refractivity contribution is 7.89. The summed E-state index contributed by atoms with van der Waals surface area (Å²) in [5, 5.41) is 6.63. The summed E-state index contributed by atoms with van der Waals surface area (Å²) in [5.41, 5.74) is 4.56. The first kappa shape index (κ1) is 15.8. The van der Waals surface area contributed by atoms with Gasteiger partial charge in [0.2, 0.25) is 10.0 Å². The summed E-state index contributed by atoms with van der Waals surface area (Å²) in [6.45, 7) is 7.85. The average molecular weight is 310 g/mol. The van der Waals surface area contributed by atoms with Crippen molar-refractivity contribution < 1.29 is 8.42 Å². The molecular formula is C14H22N4O2S. The van der Waals surface area contributed by atoms with Crippen molar-refractivity contribution in [1.82, 2.24) is 19.5 Å². The molecule has 0 atom stereocenters. The third-order valence-electron chi connectivity index (χ3n) is 3.90. The summed E-state index contributed by atoms with van der Waals surface area (Å²) >= 11 is 0. The van der Waals surface area contributed by atoms with E-state index in [0.29, 0.717) is 24.4 Å². The van der Waals surface area contributed by atoms with Crippen molar-refractivity contribution in [2.24, 2.45) is 7.05 Å². The molecule has 2 N–H and O–H groups in total. The number of nitrogens with one attached hydrogen (secondary N) is 2. The molecule has 0 aliphatic carbocycles. The van der Waals surface area contributed by atoms with Crippen LogP contribution in [0.5, 0.6) is 0 Å². The molecule has 0 bridgehead atoms. The van der Waals surface area contributed by atoms with Crippen molar-refractivity contribution in [2.45, 2.75) is 39.0 Å². The predicted molar refractivity (Wildman–Crippen MR) is 81.8 cm³/mol. The molecule has 7 heteroatoms. The van der Waals surface area contributed by atoms with Crippen LogP contribution in [0.25, 0.3) is 0 Å². The standard InChI is InChI=1S/C14H22N4O2S/c1-9-8-13(12(4)18(9)5)6-7-15-21(19,20)14-10(2)16-17-11(14)3/h8,15H,6-7H2,1-5H3,(H,16,17). The van der Waals surface area contributed by atoms with E-state index < -0.39 is 10.0 Å². The molecule has 21 heavy (non-hydrogen) atoms. The number of sulfonamides is 1. The Kier molecular flexibility index (Phi) is 4.25. The molecule has 0 spiro atoms. The van der Waals surface area contributed by atoms with Gasteiger partial charge in [0.25, 0.3) is 0 Å². The first-order valence-corrected chi connectivity index (χ1v) is 8.35. The van der Waals surface area contributed by atoms with Crippen molar-refractivity contribution in [3.8, 4) is 0 Å². The van der Waals surface area contributed by atoms with E-state index >= 15 is 0 Å². The van der Waals surface area contributed by atoms with Crippen molar-refractivity contribution >= 4 is 10.0 Å². The highest BCUT2D eigenvalue weighted by atomic mass is 32.2. The molecule has 0 aliphatic rings. The van der Waals surface area contributed by atoms with Crippen LogP contribution in [0.1, 0.15) is 28.3 Å². The Morgan fingerprint density at radius 1 is 1.29 bits per heavy atom. The van der Waals surface area contributed by atoms with Crippen LogP contribution in [0.4, 0.5) is 0 Å². The van der Waals surface area contributed by atoms with Gasteiger partial charge in [-0.2, -0.15) is 5.10 Å². The second-order valence-electron chi connectivity index (χ2n) is 5.37. The summed E-state index contributed by atoms with van der Waals surface area (Å²) in [5.74, 6) is 0. The van der Waals surface area contributed by atoms with E-state index in [1.165, 1.54) is 17.0 Å². The van der Waals surface area contributed by atoms with E-state index in [2.05, 4.69) is 25.6 Å². The SMILES string of the molecule is Cc1n[nH]c(C)c1S(=O)(=O)NCCc1cc(C)n(C)c1C. The van der Waals surface area contributed by atoms with Gasteiger partial charge in [-0.1, -0.05) is 0 Å². The van der Waals surface area contributed by atoms with Gasteiger partial charge in [0, 0.05) is 25.0 Å². The zero-order valence-electron chi connectivity index (χ0n) is 13.1. The lowest BCUT2D eigenvalue weighted by molar-refractivity contribution is 0.580. The van der Waals surface area contributed by atoms with Gasteiger partial charge in [-0.05, 0) is 45.7 Å². The van der Waals surface area contributed by atoms with Crippen LogP contribution in [0.2, 0.25) is 0 Å². The number of aryl methyl sites for hydroxylation is 3. The third-order valence-corrected chi connectivity index (χ3v) is 5.62. The number of rotatable bonds is 5. The Morgan fingerprint density at radius 2 is 1.95 bits per heavy atom. The first-order valence-electron chi connectivity index (χ1n) is 6.87. The molecule has 0 unspecified atom stereocenters. The maximum atomic E-state index is 12.3. The average Bonchev–Trinajstić information content (AvgIpc) is 2.85. The van der Waals surface area contributed by atoms with E-state index in [9.17, 15) is 8.42 Å². The Balaban J connectivity index is 2.08. The summed E-state index contributed by atoms with van der Waals surface area (Å²) in [6, 6.07) is 2.10. The van der Waals surface area contributed by atoms with Gasteiger partial charge in [0.05, 0.1) is 11.4 Å². The Morgan fingerprint density at radius 3 is 2.43 bits per heavy atom. The van der Waals surface area contributed by atoms with Crippen LogP contribution in [0.15, 0.2) is 11.0 Å². The molecule has 0 amide bonds. The number of nitrogens with zero attached hydrogens (tertiary/aromatic N) is 2. The zero-order valence-corrected chi connectivity index (χ0v) is 13.9. The molecule has 2 aromatic heterocycles. The van der Waals surface area contributed by atoms with Crippen LogP contribution in [-0.2, 0) is 23.5 Å². The number of hydrogen-bond acceptors (Lipinski definition) is 3. The van der Waals surface area contributed by atoms with Crippen LogP contribution >= 0.6 is 0 Å². The molecule has 0 saturated carbocycles. The lowest BCUT2D eigenvalue weighted by atomic mass is 10.2. The van der Waals surface area contributed by atoms with Gasteiger partial charge in [-0.3, -0.25) is 5.10 Å². The molecule has 0 radical (unpaired) electrons. The van der Waals surface area contributed by atoms with Crippen LogP contribution in [0.3, 0.4) is 0 Å². The molecule has 2 aromatic rings. The molecule has 116 valence electrons. The fraction of sp³-hybridized carbons (Fsp3) is 0.500. The minimum absolute atomic E-state index is 0.253. The quantitative estimate of drug-likeness (QED) is 0.878. The van der Waals surface area contributed by atoms with Crippen LogP contribution in [0, 0.1) is 27.7 Å². The molecule has 2 heterocycles. The van der Waals surface area contributed by atoms with Gasteiger partial charge >= 0.3 is 0 Å². The highest BCUT2D eigenvalue weighted by Gasteiger charge is 2.21. The molecule has 0 aliphatic heterocycles. The molecular weight excluding hydrogens is 288 g/mol. The zero-order chi connectivity index (χ0) is 15.8. The van der Waals surface area contributed by atoms with Crippen LogP contribution < -0.4 is 4.72 Å². The summed E-state index contributed by atoms with van der Waals surface area (Å²) in [4.78, 5) is 0.253. The number of H-pyrrole nitrogens is 1. The van der Waals surface area contributed by atoms with Gasteiger partial charge in [-0.25, -0.2) is 13.1 Å². The van der Waals surface area contributed by atoms with Gasteiger partial charge in [0.1, 0.15) is 4.90 Å². The van der Waals surface area contributed by atoms with Crippen molar-refractivity contribution in [1.29, 1.82) is 0 Å². The fourth-order valence-electron chi connectivity index (χ4n) is 2.52. The van der Waals surface area contributed by atoms with Gasteiger partial charge < -0.3 is 4.57 Å². The van der Waals surface area contributed by atoms with Crippen LogP contribution in [-0.4, -0.2) is 29.7 Å². The normalized spacial score (nSPS) is 12.0. The van der Waals surface area contributed by atoms with Crippen molar-refractivity contribution in [3.63, 3.8) is 0 Å². The molecule has 0 saturated heterocycles. The predicted octanol–water partition coefficient (Wildman–Crippen LogP) is 1.50. The second kappa shape index (κ2) is 5.65. The molecule has 0 aromatic carbocycles. The number of hydrogen-bond donors (Lipinski definition) is 2. The van der Waals surface area contributed by atoms with E-state index in [1.807, 2.05) is 20.9 Å². The monoisotopic (exact) mass is 310 g/mol. The largest absolute Gasteiger partial charge is 0.352 e. The maximum Gasteiger partial charge on any atom is 0.244 e. The van der Waals surface area contributed by atoms with E-state index in [-0.39, 0.29) is 4.90 Å². The Labute approximate surface area is 125 Å². The number of aromatic nitrogens is 3.